The number of nitrogen functional groups attached to an aromatic ring is 1. The lowest BCUT2D eigenvalue weighted by molar-refractivity contribution is -0.130. The lowest BCUT2D eigenvalue weighted by Crippen LogP contribution is -2.29. The number of amides is 2. The number of allylic oxidation sites excluding steroid dienone is 1. The minimum absolute atomic E-state index is 0.0208. The minimum atomic E-state index is -0.298. The number of nitrogens with two attached hydrogens (primary N) is 1. The smallest absolute Gasteiger partial charge is 0.276 e. The zero-order valence-corrected chi connectivity index (χ0v) is 19.5. The maximum absolute atomic E-state index is 13.1. The molecule has 0 bridgehead atoms. The zero-order valence-electron chi connectivity index (χ0n) is 19.5. The van der Waals surface area contributed by atoms with Crippen molar-refractivity contribution in [2.45, 2.75) is 19.4 Å². The fraction of sp³-hybridized carbons (Fsp3) is 0.250. The van der Waals surface area contributed by atoms with E-state index in [1.54, 1.807) is 54.4 Å². The molecule has 0 unspecified atom stereocenters. The standard InChI is InChI=1S/C24H25N9O2/c1-14-6-17(11-26-10-14)32(3)24(35)19-7-15-8-20(27-12-18(15)23(25)28-19)29-21-9-16-4-5-31(2)22(34)13-33(16)30-21/h7-12H,1,4-6,13H2,2-3H3,(H2,25,28)(H,27,29,30). The van der Waals surface area contributed by atoms with Crippen molar-refractivity contribution in [3.8, 4) is 0 Å². The number of aliphatic imine (C=N–C) groups is 1. The van der Waals surface area contributed by atoms with E-state index in [0.29, 0.717) is 35.4 Å². The van der Waals surface area contributed by atoms with E-state index in [-0.39, 0.29) is 29.9 Å². The molecular formula is C24H25N9O2. The summed E-state index contributed by atoms with van der Waals surface area (Å²) in [5.74, 6) is 1.06. The van der Waals surface area contributed by atoms with Gasteiger partial charge in [0.05, 0.1) is 0 Å². The van der Waals surface area contributed by atoms with E-state index in [0.717, 1.165) is 23.4 Å². The molecule has 0 saturated heterocycles. The largest absolute Gasteiger partial charge is 0.383 e. The van der Waals surface area contributed by atoms with E-state index in [4.69, 9.17) is 5.73 Å². The van der Waals surface area contributed by atoms with Gasteiger partial charge in [-0.05, 0) is 23.1 Å². The first-order valence-electron chi connectivity index (χ1n) is 11.1. The predicted octanol–water partition coefficient (Wildman–Crippen LogP) is 2.11. The first kappa shape index (κ1) is 22.3. The molecule has 3 N–H and O–H groups in total. The van der Waals surface area contributed by atoms with Crippen LogP contribution in [0.15, 0.2) is 53.4 Å². The van der Waals surface area contributed by atoms with E-state index in [2.05, 4.69) is 32.0 Å². The highest BCUT2D eigenvalue weighted by Crippen LogP contribution is 2.26. The van der Waals surface area contributed by atoms with Crippen LogP contribution in [-0.4, -0.2) is 68.2 Å². The highest BCUT2D eigenvalue weighted by atomic mass is 16.2. The fourth-order valence-electron chi connectivity index (χ4n) is 4.05. The molecule has 5 heterocycles. The van der Waals surface area contributed by atoms with Gasteiger partial charge in [-0.15, -0.1) is 0 Å². The van der Waals surface area contributed by atoms with E-state index >= 15 is 0 Å². The van der Waals surface area contributed by atoms with Gasteiger partial charge in [-0.1, -0.05) is 6.58 Å². The van der Waals surface area contributed by atoms with Crippen LogP contribution in [-0.2, 0) is 17.8 Å². The Morgan fingerprint density at radius 2 is 2.09 bits per heavy atom. The van der Waals surface area contributed by atoms with Crippen molar-refractivity contribution < 1.29 is 9.59 Å². The maximum Gasteiger partial charge on any atom is 0.276 e. The predicted molar refractivity (Wildman–Crippen MR) is 133 cm³/mol. The van der Waals surface area contributed by atoms with Gasteiger partial charge in [-0.2, -0.15) is 5.10 Å². The van der Waals surface area contributed by atoms with Gasteiger partial charge in [-0.25, -0.2) is 9.97 Å². The zero-order chi connectivity index (χ0) is 24.7. The highest BCUT2D eigenvalue weighted by Gasteiger charge is 2.21. The topological polar surface area (TPSA) is 135 Å². The molecule has 0 fully saturated rings. The number of likely N-dealkylation sites (N-methyl/N-ethyl adjacent to an activating group) is 1. The lowest BCUT2D eigenvalue weighted by atomic mass is 10.1. The molecule has 0 spiro atoms. The Kier molecular flexibility index (Phi) is 5.51. The molecule has 2 aliphatic heterocycles. The van der Waals surface area contributed by atoms with Crippen LogP contribution in [0.3, 0.4) is 0 Å². The van der Waals surface area contributed by atoms with Crippen molar-refractivity contribution in [1.82, 2.24) is 29.5 Å². The first-order valence-corrected chi connectivity index (χ1v) is 11.1. The number of aromatic nitrogens is 4. The number of nitrogens with zero attached hydrogens (tertiary/aromatic N) is 7. The summed E-state index contributed by atoms with van der Waals surface area (Å²) in [4.78, 5) is 41.3. The SMILES string of the molecule is C=C1C=NC=C(N(C)C(=O)c2cc3cc(Nc4cc5n(n4)CC(=O)N(C)CC5)ncc3c(N)n2)C1. The van der Waals surface area contributed by atoms with E-state index in [1.807, 2.05) is 6.07 Å². The van der Waals surface area contributed by atoms with Gasteiger partial charge in [0.2, 0.25) is 5.91 Å². The molecule has 5 rings (SSSR count). The highest BCUT2D eigenvalue weighted by molar-refractivity contribution is 6.01. The lowest BCUT2D eigenvalue weighted by Gasteiger charge is -2.22. The van der Waals surface area contributed by atoms with Crippen LogP contribution in [0.25, 0.3) is 10.8 Å². The molecule has 3 aromatic rings. The number of anilines is 3. The Morgan fingerprint density at radius 3 is 2.89 bits per heavy atom. The summed E-state index contributed by atoms with van der Waals surface area (Å²) < 4.78 is 1.71. The summed E-state index contributed by atoms with van der Waals surface area (Å²) >= 11 is 0. The number of hydrogen-bond acceptors (Lipinski definition) is 8. The Labute approximate surface area is 201 Å². The molecule has 11 heteroatoms. The first-order chi connectivity index (χ1) is 16.8. The third kappa shape index (κ3) is 4.35. The summed E-state index contributed by atoms with van der Waals surface area (Å²) in [6.07, 6.45) is 6.17. The normalized spacial score (nSPS) is 15.6. The number of pyridine rings is 2. The van der Waals surface area contributed by atoms with Gasteiger partial charge in [-0.3, -0.25) is 19.3 Å². The Bertz CT molecular complexity index is 1440. The van der Waals surface area contributed by atoms with Gasteiger partial charge in [0.15, 0.2) is 5.82 Å². The molecule has 0 atom stereocenters. The second-order valence-corrected chi connectivity index (χ2v) is 8.65. The summed E-state index contributed by atoms with van der Waals surface area (Å²) in [5, 5.41) is 9.05. The van der Waals surface area contributed by atoms with Crippen LogP contribution in [0.5, 0.6) is 0 Å². The third-order valence-corrected chi connectivity index (χ3v) is 6.12. The van der Waals surface area contributed by atoms with Crippen molar-refractivity contribution in [2.75, 3.05) is 31.7 Å². The molecule has 3 aromatic heterocycles. The molecular weight excluding hydrogens is 446 g/mol. The van der Waals surface area contributed by atoms with E-state index in [9.17, 15) is 9.59 Å². The maximum atomic E-state index is 13.1. The Balaban J connectivity index is 1.41. The third-order valence-electron chi connectivity index (χ3n) is 6.12. The van der Waals surface area contributed by atoms with Crippen LogP contribution in [0.2, 0.25) is 0 Å². The average molecular weight is 472 g/mol. The van der Waals surface area contributed by atoms with Crippen LogP contribution in [0.1, 0.15) is 22.6 Å². The number of carbonyl (C=O) groups excluding carboxylic acids is 2. The number of rotatable bonds is 4. The molecule has 35 heavy (non-hydrogen) atoms. The Hall–Kier alpha value is -4.54. The van der Waals surface area contributed by atoms with Crippen LogP contribution < -0.4 is 11.1 Å². The van der Waals surface area contributed by atoms with Gasteiger partial charge in [0.25, 0.3) is 5.91 Å². The summed E-state index contributed by atoms with van der Waals surface area (Å²) in [5.41, 5.74) is 8.89. The summed E-state index contributed by atoms with van der Waals surface area (Å²) in [6.45, 7) is 4.76. The van der Waals surface area contributed by atoms with E-state index < -0.39 is 0 Å². The summed E-state index contributed by atoms with van der Waals surface area (Å²) in [6, 6.07) is 5.40. The number of fused-ring (bicyclic) bond motifs is 2. The summed E-state index contributed by atoms with van der Waals surface area (Å²) in [7, 11) is 3.47. The second-order valence-electron chi connectivity index (χ2n) is 8.65. The minimum Gasteiger partial charge on any atom is -0.383 e. The molecule has 0 aliphatic carbocycles. The molecule has 178 valence electrons. The van der Waals surface area contributed by atoms with E-state index in [1.165, 1.54) is 4.90 Å². The Morgan fingerprint density at radius 1 is 1.26 bits per heavy atom. The van der Waals surface area contributed by atoms with Crippen LogP contribution in [0.4, 0.5) is 17.5 Å². The molecule has 0 radical (unpaired) electrons. The number of nitrogens with one attached hydrogen (secondary N) is 1. The van der Waals surface area contributed by atoms with Crippen molar-refractivity contribution in [3.05, 3.63) is 59.8 Å². The molecule has 0 saturated carbocycles. The van der Waals surface area contributed by atoms with Crippen LogP contribution >= 0.6 is 0 Å². The number of carbonyl (C=O) groups is 2. The fourth-order valence-corrected chi connectivity index (χ4v) is 4.05. The van der Waals surface area contributed by atoms with Gasteiger partial charge in [0, 0.05) is 74.9 Å². The molecule has 2 aliphatic rings. The van der Waals surface area contributed by atoms with Crippen molar-refractivity contribution in [3.63, 3.8) is 0 Å². The second kappa shape index (κ2) is 8.67. The number of hydrogen-bond donors (Lipinski definition) is 2. The molecule has 11 nitrogen and oxygen atoms in total. The van der Waals surface area contributed by atoms with Crippen molar-refractivity contribution in [1.29, 1.82) is 0 Å². The van der Waals surface area contributed by atoms with Crippen LogP contribution in [0, 0.1) is 0 Å². The van der Waals surface area contributed by atoms with Crippen molar-refractivity contribution in [2.24, 2.45) is 4.99 Å². The van der Waals surface area contributed by atoms with Gasteiger partial charge in [0.1, 0.15) is 23.9 Å². The molecule has 2 amide bonds. The van der Waals surface area contributed by atoms with Gasteiger partial charge >= 0.3 is 0 Å². The quantitative estimate of drug-likeness (QED) is 0.595. The van der Waals surface area contributed by atoms with Crippen molar-refractivity contribution >= 4 is 46.3 Å². The van der Waals surface area contributed by atoms with Gasteiger partial charge < -0.3 is 20.9 Å². The monoisotopic (exact) mass is 471 g/mol. The average Bonchev–Trinajstić information content (AvgIpc) is 3.15. The molecule has 0 aromatic carbocycles.